The van der Waals surface area contributed by atoms with Crippen molar-refractivity contribution in [3.63, 3.8) is 0 Å². The first kappa shape index (κ1) is 13.3. The van der Waals surface area contributed by atoms with Crippen molar-refractivity contribution in [3.8, 4) is 5.69 Å². The van der Waals surface area contributed by atoms with Gasteiger partial charge in [0.05, 0.1) is 27.6 Å². The van der Waals surface area contributed by atoms with E-state index in [9.17, 15) is 8.78 Å². The Labute approximate surface area is 123 Å². The van der Waals surface area contributed by atoms with Gasteiger partial charge >= 0.3 is 0 Å². The van der Waals surface area contributed by atoms with E-state index >= 15 is 0 Å². The molecule has 0 amide bonds. The molecule has 1 aromatic heterocycles. The van der Waals surface area contributed by atoms with Crippen LogP contribution in [0, 0.1) is 11.6 Å². The summed E-state index contributed by atoms with van der Waals surface area (Å²) in [6.07, 6.45) is 0. The zero-order valence-corrected chi connectivity index (χ0v) is 11.6. The Hall–Kier alpha value is -1.65. The van der Waals surface area contributed by atoms with E-state index in [0.717, 1.165) is 0 Å². The van der Waals surface area contributed by atoms with Crippen LogP contribution < -0.4 is 0 Å². The number of benzene rings is 2. The topological polar surface area (TPSA) is 17.8 Å². The summed E-state index contributed by atoms with van der Waals surface area (Å²) in [6, 6.07) is 8.77. The number of fused-ring (bicyclic) bond motifs is 1. The Morgan fingerprint density at radius 2 is 1.95 bits per heavy atom. The molecule has 0 saturated carbocycles. The second kappa shape index (κ2) is 5.04. The van der Waals surface area contributed by atoms with Gasteiger partial charge in [0.1, 0.15) is 11.6 Å². The second-order valence-electron chi connectivity index (χ2n) is 4.20. The van der Waals surface area contributed by atoms with Crippen molar-refractivity contribution in [3.05, 3.63) is 58.9 Å². The van der Waals surface area contributed by atoms with Crippen LogP contribution in [0.25, 0.3) is 16.7 Å². The van der Waals surface area contributed by atoms with E-state index in [2.05, 4.69) is 4.98 Å². The SMILES string of the molecule is Fc1ccc2c(c1)nc(CCl)n2-c1cccc(Cl)c1F. The van der Waals surface area contributed by atoms with Crippen molar-refractivity contribution in [2.45, 2.75) is 5.88 Å². The minimum Gasteiger partial charge on any atom is -0.292 e. The van der Waals surface area contributed by atoms with Gasteiger partial charge in [-0.3, -0.25) is 4.57 Å². The molecule has 0 N–H and O–H groups in total. The average Bonchev–Trinajstić information content (AvgIpc) is 2.79. The van der Waals surface area contributed by atoms with Crippen LogP contribution >= 0.6 is 23.2 Å². The zero-order chi connectivity index (χ0) is 14.3. The molecular formula is C14H8Cl2F2N2. The highest BCUT2D eigenvalue weighted by Crippen LogP contribution is 2.27. The molecular weight excluding hydrogens is 305 g/mol. The van der Waals surface area contributed by atoms with Crippen molar-refractivity contribution >= 4 is 34.2 Å². The minimum absolute atomic E-state index is 0.00647. The lowest BCUT2D eigenvalue weighted by Crippen LogP contribution is -2.02. The van der Waals surface area contributed by atoms with Crippen LogP contribution in [0.5, 0.6) is 0 Å². The van der Waals surface area contributed by atoms with Gasteiger partial charge in [-0.15, -0.1) is 11.6 Å². The number of nitrogens with zero attached hydrogens (tertiary/aromatic N) is 2. The van der Waals surface area contributed by atoms with Crippen LogP contribution in [-0.4, -0.2) is 9.55 Å². The molecule has 0 saturated heterocycles. The number of imidazole rings is 1. The van der Waals surface area contributed by atoms with E-state index in [-0.39, 0.29) is 16.6 Å². The molecule has 0 spiro atoms. The quantitative estimate of drug-likeness (QED) is 0.627. The van der Waals surface area contributed by atoms with Crippen molar-refractivity contribution < 1.29 is 8.78 Å². The van der Waals surface area contributed by atoms with Crippen LogP contribution in [-0.2, 0) is 5.88 Å². The maximum atomic E-state index is 14.2. The molecule has 2 aromatic carbocycles. The summed E-state index contributed by atoms with van der Waals surface area (Å²) in [4.78, 5) is 4.22. The molecule has 102 valence electrons. The van der Waals surface area contributed by atoms with Crippen LogP contribution in [0.4, 0.5) is 8.78 Å². The summed E-state index contributed by atoms with van der Waals surface area (Å²) in [7, 11) is 0. The number of rotatable bonds is 2. The fourth-order valence-electron chi connectivity index (χ4n) is 2.13. The molecule has 0 aliphatic rings. The molecule has 0 atom stereocenters. The molecule has 0 aliphatic carbocycles. The first-order valence-corrected chi connectivity index (χ1v) is 6.70. The molecule has 0 fully saturated rings. The van der Waals surface area contributed by atoms with Gasteiger partial charge in [-0.1, -0.05) is 17.7 Å². The highest BCUT2D eigenvalue weighted by Gasteiger charge is 2.16. The van der Waals surface area contributed by atoms with Gasteiger partial charge in [0.15, 0.2) is 5.82 Å². The van der Waals surface area contributed by atoms with E-state index < -0.39 is 11.6 Å². The summed E-state index contributed by atoms with van der Waals surface area (Å²) < 4.78 is 29.0. The van der Waals surface area contributed by atoms with Crippen LogP contribution in [0.2, 0.25) is 5.02 Å². The smallest absolute Gasteiger partial charge is 0.165 e. The van der Waals surface area contributed by atoms with Gasteiger partial charge < -0.3 is 0 Å². The summed E-state index contributed by atoms with van der Waals surface area (Å²) in [5.74, 6) is -0.477. The van der Waals surface area contributed by atoms with E-state index in [1.54, 1.807) is 16.7 Å². The maximum Gasteiger partial charge on any atom is 0.165 e. The second-order valence-corrected chi connectivity index (χ2v) is 4.88. The van der Waals surface area contributed by atoms with E-state index in [1.807, 2.05) is 0 Å². The largest absolute Gasteiger partial charge is 0.292 e. The van der Waals surface area contributed by atoms with Gasteiger partial charge in [0.25, 0.3) is 0 Å². The van der Waals surface area contributed by atoms with Gasteiger partial charge in [-0.05, 0) is 24.3 Å². The third-order valence-electron chi connectivity index (χ3n) is 2.98. The molecule has 20 heavy (non-hydrogen) atoms. The first-order chi connectivity index (χ1) is 9.61. The number of halogens is 4. The van der Waals surface area contributed by atoms with Crippen molar-refractivity contribution in [2.24, 2.45) is 0 Å². The van der Waals surface area contributed by atoms with Crippen molar-refractivity contribution in [1.82, 2.24) is 9.55 Å². The summed E-state index contributed by atoms with van der Waals surface area (Å²) in [6.45, 7) is 0. The van der Waals surface area contributed by atoms with Crippen molar-refractivity contribution in [1.29, 1.82) is 0 Å². The van der Waals surface area contributed by atoms with Crippen LogP contribution in [0.15, 0.2) is 36.4 Å². The Morgan fingerprint density at radius 3 is 2.70 bits per heavy atom. The molecule has 3 rings (SSSR count). The fourth-order valence-corrected chi connectivity index (χ4v) is 2.48. The van der Waals surface area contributed by atoms with Crippen LogP contribution in [0.1, 0.15) is 5.82 Å². The third kappa shape index (κ3) is 2.05. The predicted molar refractivity (Wildman–Crippen MR) is 75.6 cm³/mol. The van der Waals surface area contributed by atoms with E-state index in [0.29, 0.717) is 16.9 Å². The molecule has 0 aliphatic heterocycles. The normalized spacial score (nSPS) is 11.2. The molecule has 6 heteroatoms. The molecule has 1 heterocycles. The number of hydrogen-bond acceptors (Lipinski definition) is 1. The van der Waals surface area contributed by atoms with Crippen molar-refractivity contribution in [2.75, 3.05) is 0 Å². The Balaban J connectivity index is 2.37. The minimum atomic E-state index is -0.566. The lowest BCUT2D eigenvalue weighted by Gasteiger charge is -2.09. The fraction of sp³-hybridized carbons (Fsp3) is 0.0714. The van der Waals surface area contributed by atoms with Gasteiger partial charge in [0.2, 0.25) is 0 Å². The average molecular weight is 313 g/mol. The number of hydrogen-bond donors (Lipinski definition) is 0. The monoisotopic (exact) mass is 312 g/mol. The Bertz CT molecular complexity index is 799. The third-order valence-corrected chi connectivity index (χ3v) is 3.51. The number of aromatic nitrogens is 2. The van der Waals surface area contributed by atoms with Gasteiger partial charge in [-0.25, -0.2) is 13.8 Å². The zero-order valence-electron chi connectivity index (χ0n) is 10.1. The van der Waals surface area contributed by atoms with E-state index in [1.165, 1.54) is 24.3 Å². The standard InChI is InChI=1S/C14H8Cl2F2N2/c15-7-13-19-10-6-8(17)4-5-11(10)20(13)12-3-1-2-9(16)14(12)18/h1-6H,7H2. The lowest BCUT2D eigenvalue weighted by molar-refractivity contribution is 0.618. The summed E-state index contributed by atoms with van der Waals surface area (Å²) in [5.41, 5.74) is 1.23. The van der Waals surface area contributed by atoms with Crippen LogP contribution in [0.3, 0.4) is 0 Å². The lowest BCUT2D eigenvalue weighted by atomic mass is 10.2. The Morgan fingerprint density at radius 1 is 1.15 bits per heavy atom. The Kier molecular flexibility index (Phi) is 3.36. The predicted octanol–water partition coefficient (Wildman–Crippen LogP) is 4.70. The highest BCUT2D eigenvalue weighted by molar-refractivity contribution is 6.30. The highest BCUT2D eigenvalue weighted by atomic mass is 35.5. The molecule has 0 unspecified atom stereocenters. The first-order valence-electron chi connectivity index (χ1n) is 5.79. The molecule has 0 radical (unpaired) electrons. The molecule has 2 nitrogen and oxygen atoms in total. The summed E-state index contributed by atoms with van der Waals surface area (Å²) >= 11 is 11.7. The molecule has 3 aromatic rings. The van der Waals surface area contributed by atoms with E-state index in [4.69, 9.17) is 23.2 Å². The maximum absolute atomic E-state index is 14.2. The van der Waals surface area contributed by atoms with Gasteiger partial charge in [0, 0.05) is 6.07 Å². The number of alkyl halides is 1. The van der Waals surface area contributed by atoms with Gasteiger partial charge in [-0.2, -0.15) is 0 Å². The molecule has 0 bridgehead atoms. The summed E-state index contributed by atoms with van der Waals surface area (Å²) in [5, 5.41) is 0.00647.